The summed E-state index contributed by atoms with van der Waals surface area (Å²) in [5.74, 6) is -7.64. The highest BCUT2D eigenvalue weighted by Crippen LogP contribution is 2.38. The van der Waals surface area contributed by atoms with E-state index in [1.807, 2.05) is 0 Å². The molecule has 14 nitrogen and oxygen atoms in total. The molecule has 2 aromatic carbocycles. The molecule has 1 fully saturated rings. The Morgan fingerprint density at radius 1 is 1.08 bits per heavy atom. The molecule has 0 aliphatic carbocycles. The molecule has 2 aromatic rings. The van der Waals surface area contributed by atoms with Crippen molar-refractivity contribution in [1.29, 1.82) is 5.41 Å². The topological polar surface area (TPSA) is 237 Å². The third kappa shape index (κ3) is 4.68. The first-order valence-electron chi connectivity index (χ1n) is 11.4. The number of carboxylic acid groups (broad SMARTS) is 2. The van der Waals surface area contributed by atoms with Crippen molar-refractivity contribution in [3.05, 3.63) is 65.7 Å². The molecule has 1 aliphatic rings. The zero-order valence-corrected chi connectivity index (χ0v) is 20.9. The lowest BCUT2D eigenvalue weighted by atomic mass is 9.89. The number of amidine groups is 1. The summed E-state index contributed by atoms with van der Waals surface area (Å²) in [6.07, 6.45) is -0.934. The van der Waals surface area contributed by atoms with Crippen LogP contribution in [-0.4, -0.2) is 68.2 Å². The third-order valence-corrected chi connectivity index (χ3v) is 6.35. The zero-order chi connectivity index (χ0) is 29.3. The molecule has 0 spiro atoms. The minimum absolute atomic E-state index is 0.134. The number of carbonyl (C=O) groups is 6. The number of aliphatic carboxylic acids is 2. The summed E-state index contributed by atoms with van der Waals surface area (Å²) in [6.45, 7) is 2.05. The van der Waals surface area contributed by atoms with Crippen LogP contribution in [-0.2, 0) is 29.5 Å². The van der Waals surface area contributed by atoms with Gasteiger partial charge in [0, 0.05) is 11.3 Å². The van der Waals surface area contributed by atoms with Gasteiger partial charge in [-0.3, -0.25) is 29.5 Å². The van der Waals surface area contributed by atoms with Gasteiger partial charge >= 0.3 is 18.0 Å². The highest BCUT2D eigenvalue weighted by Gasteiger charge is 2.66. The molecule has 3 atom stereocenters. The molecule has 204 valence electrons. The predicted octanol–water partition coefficient (Wildman–Crippen LogP) is -0.0572. The van der Waals surface area contributed by atoms with Crippen molar-refractivity contribution in [3.8, 4) is 0 Å². The quantitative estimate of drug-likeness (QED) is 0.102. The van der Waals surface area contributed by atoms with E-state index in [-0.39, 0.29) is 22.0 Å². The summed E-state index contributed by atoms with van der Waals surface area (Å²) >= 11 is 0. The first-order chi connectivity index (χ1) is 18.2. The molecule has 4 amide bonds. The summed E-state index contributed by atoms with van der Waals surface area (Å²) in [5.41, 5.74) is 6.31. The van der Waals surface area contributed by atoms with Crippen molar-refractivity contribution in [3.63, 3.8) is 0 Å². The van der Waals surface area contributed by atoms with Crippen molar-refractivity contribution in [2.45, 2.75) is 37.5 Å². The van der Waals surface area contributed by atoms with Gasteiger partial charge in [-0.05, 0) is 31.5 Å². The van der Waals surface area contributed by atoms with E-state index in [0.29, 0.717) is 10.5 Å². The van der Waals surface area contributed by atoms with Crippen molar-refractivity contribution in [2.24, 2.45) is 11.5 Å². The maximum absolute atomic E-state index is 13.9. The number of para-hydroxylation sites is 1. The molecule has 1 saturated heterocycles. The number of anilines is 1. The van der Waals surface area contributed by atoms with Gasteiger partial charge in [0.1, 0.15) is 11.4 Å². The van der Waals surface area contributed by atoms with Crippen LogP contribution in [0.2, 0.25) is 0 Å². The first-order valence-corrected chi connectivity index (χ1v) is 11.4. The largest absolute Gasteiger partial charge is 0.481 e. The van der Waals surface area contributed by atoms with Gasteiger partial charge < -0.3 is 27.0 Å². The number of hydrogen-bond donors (Lipinski definition) is 6. The van der Waals surface area contributed by atoms with Gasteiger partial charge in [0.25, 0.3) is 11.6 Å². The number of benzene rings is 2. The van der Waals surface area contributed by atoms with Crippen molar-refractivity contribution >= 4 is 47.1 Å². The summed E-state index contributed by atoms with van der Waals surface area (Å²) in [5, 5.41) is 29.6. The maximum atomic E-state index is 13.9. The molecular weight excluding hydrogens is 512 g/mol. The van der Waals surface area contributed by atoms with Gasteiger partial charge in [0.2, 0.25) is 5.91 Å². The second-order valence-corrected chi connectivity index (χ2v) is 8.93. The van der Waals surface area contributed by atoms with E-state index >= 15 is 0 Å². The van der Waals surface area contributed by atoms with Crippen molar-refractivity contribution in [2.75, 3.05) is 4.90 Å². The summed E-state index contributed by atoms with van der Waals surface area (Å²) in [6, 6.07) is 9.24. The Labute approximate surface area is 221 Å². The van der Waals surface area contributed by atoms with Crippen LogP contribution in [0.1, 0.15) is 31.4 Å². The number of amides is 4. The fraction of sp³-hybridized carbons (Fsp3) is 0.240. The molecule has 39 heavy (non-hydrogen) atoms. The van der Waals surface area contributed by atoms with Crippen LogP contribution in [0.5, 0.6) is 0 Å². The molecule has 0 aromatic heterocycles. The third-order valence-electron chi connectivity index (χ3n) is 6.35. The molecule has 3 rings (SSSR count). The van der Waals surface area contributed by atoms with Crippen LogP contribution >= 0.6 is 0 Å². The van der Waals surface area contributed by atoms with E-state index in [2.05, 4.69) is 5.32 Å². The average Bonchev–Trinajstić information content (AvgIpc) is 3.10. The van der Waals surface area contributed by atoms with Gasteiger partial charge in [-0.1, -0.05) is 42.5 Å². The molecule has 14 heteroatoms. The number of nitrogens with two attached hydrogens (primary N) is 2. The molecule has 0 unspecified atom stereocenters. The Morgan fingerprint density at radius 3 is 2.10 bits per heavy atom. The number of carboxylic acids is 2. The lowest BCUT2D eigenvalue weighted by Gasteiger charge is -2.43. The van der Waals surface area contributed by atoms with Crippen molar-refractivity contribution in [1.82, 2.24) is 10.2 Å². The fourth-order valence-corrected chi connectivity index (χ4v) is 4.36. The summed E-state index contributed by atoms with van der Waals surface area (Å²) < 4.78 is 0. The van der Waals surface area contributed by atoms with Gasteiger partial charge in [0.15, 0.2) is 5.78 Å². The van der Waals surface area contributed by atoms with E-state index in [9.17, 15) is 33.9 Å². The Hall–Kier alpha value is -5.11. The number of ketones is 1. The van der Waals surface area contributed by atoms with Gasteiger partial charge in [-0.2, -0.15) is 0 Å². The van der Waals surface area contributed by atoms with Crippen LogP contribution in [0.25, 0.3) is 0 Å². The maximum Gasteiger partial charge on any atom is 0.360 e. The monoisotopic (exact) mass is 538 g/mol. The van der Waals surface area contributed by atoms with Crippen LogP contribution in [0.15, 0.2) is 54.6 Å². The van der Waals surface area contributed by atoms with Gasteiger partial charge in [0.05, 0.1) is 12.5 Å². The van der Waals surface area contributed by atoms with E-state index in [1.54, 1.807) is 0 Å². The Morgan fingerprint density at radius 2 is 1.64 bits per heavy atom. The second kappa shape index (κ2) is 10.3. The molecule has 1 heterocycles. The minimum atomic E-state index is -3.28. The normalized spacial score (nSPS) is 19.0. The average molecular weight is 539 g/mol. The molecule has 1 aliphatic heterocycles. The molecule has 0 bridgehead atoms. The number of carbonyl (C=O) groups excluding carboxylic acids is 4. The SMILES string of the molecule is CC(=O)[C@@](C(=O)O)(N1C(=O)N[C@](C)(c2ccc(C(=N)N)cc2)C1=O)N(C(=O)[C@@H](N)CC(=O)O)c1ccccc1. The van der Waals surface area contributed by atoms with E-state index in [4.69, 9.17) is 22.0 Å². The Kier molecular flexibility index (Phi) is 7.54. The molecule has 0 saturated carbocycles. The number of Topliss-reactive ketones (excluding diaryl/α,β-unsaturated/α-hetero) is 1. The number of hydrogen-bond acceptors (Lipinski definition) is 8. The highest BCUT2D eigenvalue weighted by atomic mass is 16.4. The lowest BCUT2D eigenvalue weighted by molar-refractivity contribution is -0.162. The zero-order valence-electron chi connectivity index (χ0n) is 20.9. The lowest BCUT2D eigenvalue weighted by Crippen LogP contribution is -2.74. The molecular formula is C25H26N6O8. The smallest absolute Gasteiger partial charge is 0.360 e. The minimum Gasteiger partial charge on any atom is -0.481 e. The fourth-order valence-electron chi connectivity index (χ4n) is 4.36. The standard InChI is InChI=1S/C25H26N6O8/c1-13(32)25(22(37)38,30(16-6-4-3-5-7-16)20(35)17(26)12-18(33)34)31-21(36)24(2,29-23(31)39)15-10-8-14(9-11-15)19(27)28/h3-11,17H,12,26H2,1-2H3,(H3,27,28)(H,29,39)(H,33,34)(H,37,38)/t17-,24+,25-/m0/s1. The van der Waals surface area contributed by atoms with Gasteiger partial charge in [-0.15, -0.1) is 0 Å². The summed E-state index contributed by atoms with van der Waals surface area (Å²) in [7, 11) is 0. The number of imide groups is 1. The Bertz CT molecular complexity index is 1360. The molecule has 0 radical (unpaired) electrons. The number of nitrogen functional groups attached to an aromatic ring is 1. The van der Waals surface area contributed by atoms with Crippen LogP contribution < -0.4 is 21.7 Å². The second-order valence-electron chi connectivity index (χ2n) is 8.93. The van der Waals surface area contributed by atoms with E-state index in [1.165, 1.54) is 61.5 Å². The van der Waals surface area contributed by atoms with Crippen LogP contribution in [0.3, 0.4) is 0 Å². The molecule has 8 N–H and O–H groups in total. The number of urea groups is 1. The number of nitrogens with zero attached hydrogens (tertiary/aromatic N) is 2. The van der Waals surface area contributed by atoms with Crippen molar-refractivity contribution < 1.29 is 39.0 Å². The van der Waals surface area contributed by atoms with Crippen LogP contribution in [0.4, 0.5) is 10.5 Å². The first kappa shape index (κ1) is 28.5. The number of nitrogens with one attached hydrogen (secondary N) is 2. The Balaban J connectivity index is 2.27. The highest BCUT2D eigenvalue weighted by molar-refractivity contribution is 6.24. The predicted molar refractivity (Wildman–Crippen MR) is 135 cm³/mol. The van der Waals surface area contributed by atoms with Crippen LogP contribution in [0, 0.1) is 5.41 Å². The number of rotatable bonds is 10. The summed E-state index contributed by atoms with van der Waals surface area (Å²) in [4.78, 5) is 78.9. The van der Waals surface area contributed by atoms with E-state index < -0.39 is 59.2 Å². The van der Waals surface area contributed by atoms with Gasteiger partial charge in [-0.25, -0.2) is 14.5 Å². The van der Waals surface area contributed by atoms with E-state index in [0.717, 1.165) is 6.92 Å².